The van der Waals surface area contributed by atoms with Crippen LogP contribution in [0.5, 0.6) is 0 Å². The van der Waals surface area contributed by atoms with Gasteiger partial charge in [0.1, 0.15) is 5.00 Å². The van der Waals surface area contributed by atoms with Crippen LogP contribution in [-0.2, 0) is 12.8 Å². The van der Waals surface area contributed by atoms with Gasteiger partial charge in [-0.25, -0.2) is 0 Å². The van der Waals surface area contributed by atoms with Gasteiger partial charge in [0, 0.05) is 11.4 Å². The zero-order valence-corrected chi connectivity index (χ0v) is 18.4. The van der Waals surface area contributed by atoms with E-state index in [4.69, 9.17) is 11.6 Å². The molecule has 1 aliphatic rings. The normalized spacial score (nSPS) is 16.4. The van der Waals surface area contributed by atoms with Crippen molar-refractivity contribution < 1.29 is 9.59 Å². The minimum atomic E-state index is -0.290. The number of benzene rings is 1. The number of amides is 2. The van der Waals surface area contributed by atoms with Gasteiger partial charge in [0.2, 0.25) is 0 Å². The minimum absolute atomic E-state index is 0.122. The Morgan fingerprint density at radius 2 is 1.93 bits per heavy atom. The molecule has 1 atom stereocenters. The Hall–Kier alpha value is -1.85. The first-order valence-corrected chi connectivity index (χ1v) is 10.9. The molecule has 1 unspecified atom stereocenters. The molecule has 0 aliphatic heterocycles. The number of carbonyl (C=O) groups excluding carboxylic acids is 2. The van der Waals surface area contributed by atoms with Gasteiger partial charge in [-0.15, -0.1) is 11.3 Å². The molecule has 0 saturated heterocycles. The van der Waals surface area contributed by atoms with Crippen LogP contribution in [0, 0.1) is 11.3 Å². The SMILES string of the molecule is CCNC(=O)c1c(NC(=O)c2ccccc2Cl)sc2c1CCC(C(C)(C)C)C2. The molecular formula is C22H27ClN2O2S. The molecule has 0 spiro atoms. The Morgan fingerprint density at radius 1 is 1.21 bits per heavy atom. The van der Waals surface area contributed by atoms with Gasteiger partial charge in [-0.05, 0) is 55.2 Å². The second-order valence-electron chi connectivity index (χ2n) is 8.31. The summed E-state index contributed by atoms with van der Waals surface area (Å²) in [5.41, 5.74) is 2.33. The van der Waals surface area contributed by atoms with Gasteiger partial charge >= 0.3 is 0 Å². The fraction of sp³-hybridized carbons (Fsp3) is 0.455. The van der Waals surface area contributed by atoms with Crippen molar-refractivity contribution in [1.82, 2.24) is 5.32 Å². The molecule has 0 bridgehead atoms. The molecule has 28 heavy (non-hydrogen) atoms. The fourth-order valence-corrected chi connectivity index (χ4v) is 5.26. The van der Waals surface area contributed by atoms with Crippen LogP contribution in [0.3, 0.4) is 0 Å². The lowest BCUT2D eigenvalue weighted by Gasteiger charge is -2.33. The van der Waals surface area contributed by atoms with Crippen molar-refractivity contribution in [2.24, 2.45) is 11.3 Å². The van der Waals surface area contributed by atoms with E-state index in [0.717, 1.165) is 24.8 Å². The Kier molecular flexibility index (Phi) is 6.15. The Bertz CT molecular complexity index is 898. The van der Waals surface area contributed by atoms with Gasteiger partial charge in [0.25, 0.3) is 11.8 Å². The highest BCUT2D eigenvalue weighted by atomic mass is 35.5. The molecule has 150 valence electrons. The minimum Gasteiger partial charge on any atom is -0.352 e. The van der Waals surface area contributed by atoms with Crippen molar-refractivity contribution in [3.05, 3.63) is 50.9 Å². The number of thiophene rings is 1. The third kappa shape index (κ3) is 4.26. The summed E-state index contributed by atoms with van der Waals surface area (Å²) in [6.07, 6.45) is 2.86. The number of rotatable bonds is 4. The molecule has 3 rings (SSSR count). The van der Waals surface area contributed by atoms with Gasteiger partial charge in [0.15, 0.2) is 0 Å². The van der Waals surface area contributed by atoms with E-state index in [1.54, 1.807) is 24.3 Å². The molecule has 2 amide bonds. The lowest BCUT2D eigenvalue weighted by Crippen LogP contribution is -2.28. The molecule has 2 N–H and O–H groups in total. The van der Waals surface area contributed by atoms with E-state index in [2.05, 4.69) is 31.4 Å². The second kappa shape index (κ2) is 8.26. The number of halogens is 1. The molecule has 1 aliphatic carbocycles. The monoisotopic (exact) mass is 418 g/mol. The predicted molar refractivity (Wildman–Crippen MR) is 117 cm³/mol. The third-order valence-corrected chi connectivity index (χ3v) is 6.90. The molecule has 4 nitrogen and oxygen atoms in total. The van der Waals surface area contributed by atoms with E-state index in [-0.39, 0.29) is 17.2 Å². The molecular weight excluding hydrogens is 392 g/mol. The summed E-state index contributed by atoms with van der Waals surface area (Å²) >= 11 is 7.70. The van der Waals surface area contributed by atoms with Gasteiger partial charge in [-0.3, -0.25) is 9.59 Å². The summed E-state index contributed by atoms with van der Waals surface area (Å²) < 4.78 is 0. The van der Waals surface area contributed by atoms with E-state index in [9.17, 15) is 9.59 Å². The van der Waals surface area contributed by atoms with E-state index in [1.807, 2.05) is 6.92 Å². The van der Waals surface area contributed by atoms with Crippen molar-refractivity contribution in [1.29, 1.82) is 0 Å². The Balaban J connectivity index is 1.96. The van der Waals surface area contributed by atoms with Crippen molar-refractivity contribution in [3.8, 4) is 0 Å². The topological polar surface area (TPSA) is 58.2 Å². The average Bonchev–Trinajstić information content (AvgIpc) is 2.98. The number of hydrogen-bond acceptors (Lipinski definition) is 3. The van der Waals surface area contributed by atoms with Crippen LogP contribution in [0.2, 0.25) is 5.02 Å². The molecule has 6 heteroatoms. The standard InChI is InChI=1S/C22H27ClN2O2S/c1-5-24-20(27)18-15-11-10-13(22(2,3)4)12-17(15)28-21(18)25-19(26)14-8-6-7-9-16(14)23/h6-9,13H,5,10-12H2,1-4H3,(H,24,27)(H,25,26). The van der Waals surface area contributed by atoms with Crippen molar-refractivity contribution >= 4 is 39.8 Å². The van der Waals surface area contributed by atoms with E-state index < -0.39 is 0 Å². The lowest BCUT2D eigenvalue weighted by atomic mass is 9.72. The van der Waals surface area contributed by atoms with Crippen LogP contribution < -0.4 is 10.6 Å². The smallest absolute Gasteiger partial charge is 0.257 e. The molecule has 0 saturated carbocycles. The summed E-state index contributed by atoms with van der Waals surface area (Å²) in [4.78, 5) is 26.8. The number of nitrogens with one attached hydrogen (secondary N) is 2. The highest BCUT2D eigenvalue weighted by Crippen LogP contribution is 2.44. The first-order chi connectivity index (χ1) is 13.2. The van der Waals surface area contributed by atoms with Crippen molar-refractivity contribution in [2.75, 3.05) is 11.9 Å². The highest BCUT2D eigenvalue weighted by molar-refractivity contribution is 7.17. The quantitative estimate of drug-likeness (QED) is 0.683. The highest BCUT2D eigenvalue weighted by Gasteiger charge is 2.34. The molecule has 1 aromatic heterocycles. The zero-order valence-electron chi connectivity index (χ0n) is 16.8. The predicted octanol–water partition coefficient (Wildman–Crippen LogP) is 5.55. The average molecular weight is 419 g/mol. The maximum Gasteiger partial charge on any atom is 0.257 e. The molecule has 0 radical (unpaired) electrons. The summed E-state index contributed by atoms with van der Waals surface area (Å²) in [5, 5.41) is 6.86. The Morgan fingerprint density at radius 3 is 2.57 bits per heavy atom. The first kappa shape index (κ1) is 20.9. The summed E-state index contributed by atoms with van der Waals surface area (Å²) in [7, 11) is 0. The van der Waals surface area contributed by atoms with Crippen LogP contribution >= 0.6 is 22.9 Å². The maximum atomic E-state index is 12.8. The zero-order chi connectivity index (χ0) is 20.5. The summed E-state index contributed by atoms with van der Waals surface area (Å²) in [6.45, 7) is 9.24. The molecule has 0 fully saturated rings. The summed E-state index contributed by atoms with van der Waals surface area (Å²) in [5.74, 6) is 0.152. The van der Waals surface area contributed by atoms with E-state index in [0.29, 0.717) is 33.6 Å². The van der Waals surface area contributed by atoms with Crippen molar-refractivity contribution in [2.45, 2.75) is 47.0 Å². The summed E-state index contributed by atoms with van der Waals surface area (Å²) in [6, 6.07) is 6.94. The van der Waals surface area contributed by atoms with Crippen LogP contribution in [0.15, 0.2) is 24.3 Å². The van der Waals surface area contributed by atoms with E-state index >= 15 is 0 Å². The number of fused-ring (bicyclic) bond motifs is 1. The van der Waals surface area contributed by atoms with Crippen LogP contribution in [-0.4, -0.2) is 18.4 Å². The molecule has 1 heterocycles. The van der Waals surface area contributed by atoms with E-state index in [1.165, 1.54) is 16.2 Å². The second-order valence-corrected chi connectivity index (χ2v) is 9.82. The number of hydrogen-bond donors (Lipinski definition) is 2. The van der Waals surface area contributed by atoms with Gasteiger partial charge < -0.3 is 10.6 Å². The fourth-order valence-electron chi connectivity index (χ4n) is 3.72. The lowest BCUT2D eigenvalue weighted by molar-refractivity contribution is 0.0955. The van der Waals surface area contributed by atoms with Gasteiger partial charge in [-0.2, -0.15) is 0 Å². The van der Waals surface area contributed by atoms with Crippen LogP contribution in [0.25, 0.3) is 0 Å². The van der Waals surface area contributed by atoms with Crippen molar-refractivity contribution in [3.63, 3.8) is 0 Å². The Labute approximate surface area is 175 Å². The first-order valence-electron chi connectivity index (χ1n) is 9.71. The van der Waals surface area contributed by atoms with Crippen LogP contribution in [0.4, 0.5) is 5.00 Å². The number of carbonyl (C=O) groups is 2. The van der Waals surface area contributed by atoms with Gasteiger partial charge in [0.05, 0.1) is 16.1 Å². The third-order valence-electron chi connectivity index (χ3n) is 5.40. The molecule has 2 aromatic rings. The maximum absolute atomic E-state index is 12.8. The van der Waals surface area contributed by atoms with Crippen LogP contribution in [0.1, 0.15) is 65.3 Å². The number of anilines is 1. The molecule has 1 aromatic carbocycles. The van der Waals surface area contributed by atoms with Gasteiger partial charge in [-0.1, -0.05) is 44.5 Å². The largest absolute Gasteiger partial charge is 0.352 e.